The van der Waals surface area contributed by atoms with Crippen LogP contribution in [0.4, 0.5) is 0 Å². The van der Waals surface area contributed by atoms with Gasteiger partial charge in [-0.25, -0.2) is 4.79 Å². The lowest BCUT2D eigenvalue weighted by atomic mass is 9.88. The van der Waals surface area contributed by atoms with E-state index in [1.165, 1.54) is 19.2 Å². The molecule has 0 rings (SSSR count). The molecule has 0 unspecified atom stereocenters. The minimum Gasteiger partial charge on any atom is -0.463 e. The van der Waals surface area contributed by atoms with Gasteiger partial charge in [-0.05, 0) is 33.7 Å². The van der Waals surface area contributed by atoms with E-state index in [0.29, 0.717) is 6.61 Å². The highest BCUT2D eigenvalue weighted by molar-refractivity contribution is 6.51. The van der Waals surface area contributed by atoms with Gasteiger partial charge in [-0.1, -0.05) is 0 Å². The predicted octanol–water partition coefficient (Wildman–Crippen LogP) is 1.59. The maximum atomic E-state index is 11.0. The van der Waals surface area contributed by atoms with Crippen LogP contribution in [0, 0.1) is 0 Å². The molecule has 0 amide bonds. The van der Waals surface area contributed by atoms with E-state index in [1.807, 2.05) is 20.8 Å². The number of hydrogen-bond acceptors (Lipinski definition) is 4. The van der Waals surface area contributed by atoms with Crippen LogP contribution in [-0.4, -0.2) is 32.4 Å². The van der Waals surface area contributed by atoms with Crippen molar-refractivity contribution in [3.63, 3.8) is 0 Å². The van der Waals surface area contributed by atoms with E-state index in [0.717, 1.165) is 0 Å². The molecule has 0 radical (unpaired) electrons. The summed E-state index contributed by atoms with van der Waals surface area (Å²) in [7, 11) is 0.987. The first kappa shape index (κ1) is 14.2. The molecule has 86 valence electrons. The first-order valence-electron chi connectivity index (χ1n) is 4.94. The van der Waals surface area contributed by atoms with E-state index in [4.69, 9.17) is 14.0 Å². The zero-order valence-corrected chi connectivity index (χ0v) is 10.1. The lowest BCUT2D eigenvalue weighted by molar-refractivity contribution is -0.137. The topological polar surface area (TPSA) is 44.8 Å². The summed E-state index contributed by atoms with van der Waals surface area (Å²) in [6, 6.07) is 0. The molecule has 0 aliphatic heterocycles. The highest BCUT2D eigenvalue weighted by Crippen LogP contribution is 2.09. The van der Waals surface area contributed by atoms with Crippen LogP contribution in [0.15, 0.2) is 12.1 Å². The van der Waals surface area contributed by atoms with Gasteiger partial charge in [0.25, 0.3) is 0 Å². The molecule has 0 saturated carbocycles. The lowest BCUT2D eigenvalue weighted by Gasteiger charge is -2.22. The second-order valence-corrected chi connectivity index (χ2v) is 3.95. The van der Waals surface area contributed by atoms with E-state index in [9.17, 15) is 4.79 Å². The summed E-state index contributed by atoms with van der Waals surface area (Å²) < 4.78 is 15.3. The first-order valence-corrected chi connectivity index (χ1v) is 4.94. The molecular weight excluding hydrogens is 195 g/mol. The van der Waals surface area contributed by atoms with Crippen molar-refractivity contribution in [2.75, 3.05) is 13.7 Å². The fourth-order valence-corrected chi connectivity index (χ4v) is 0.862. The van der Waals surface area contributed by atoms with Gasteiger partial charge in [0.1, 0.15) is 0 Å². The van der Waals surface area contributed by atoms with Gasteiger partial charge in [0.05, 0.1) is 6.61 Å². The Morgan fingerprint density at radius 2 is 2.00 bits per heavy atom. The van der Waals surface area contributed by atoms with Crippen LogP contribution in [0.3, 0.4) is 0 Å². The molecule has 0 spiro atoms. The molecule has 0 aliphatic carbocycles. The minimum absolute atomic E-state index is 0.320. The highest BCUT2D eigenvalue weighted by atomic mass is 16.6. The Hall–Kier alpha value is -0.805. The molecule has 0 heterocycles. The molecule has 0 atom stereocenters. The number of ether oxygens (including phenoxy) is 1. The maximum absolute atomic E-state index is 11.0. The fraction of sp³-hybridized carbons (Fsp3) is 0.700. The summed E-state index contributed by atoms with van der Waals surface area (Å²) in [5.74, 6) is 1.14. The Balaban J connectivity index is 4.15. The van der Waals surface area contributed by atoms with Crippen LogP contribution in [0.25, 0.3) is 0 Å². The van der Waals surface area contributed by atoms with Crippen molar-refractivity contribution in [3.8, 4) is 0 Å². The van der Waals surface area contributed by atoms with E-state index in [2.05, 4.69) is 0 Å². The van der Waals surface area contributed by atoms with Gasteiger partial charge in [0.15, 0.2) is 0 Å². The van der Waals surface area contributed by atoms with Crippen molar-refractivity contribution in [1.29, 1.82) is 0 Å². The standard InChI is InChI=1S/C10H19BO4/c1-6-14-9(12)7-8-11(13-5)15-10(2,3)4/h7-8H,6H2,1-5H3/b8-7+. The van der Waals surface area contributed by atoms with Crippen molar-refractivity contribution < 1.29 is 18.8 Å². The molecule has 0 aliphatic rings. The molecule has 4 nitrogen and oxygen atoms in total. The molecule has 0 N–H and O–H groups in total. The van der Waals surface area contributed by atoms with E-state index >= 15 is 0 Å². The highest BCUT2D eigenvalue weighted by Gasteiger charge is 2.21. The van der Waals surface area contributed by atoms with Gasteiger partial charge in [0, 0.05) is 18.8 Å². The number of rotatable bonds is 5. The summed E-state index contributed by atoms with van der Waals surface area (Å²) in [4.78, 5) is 11.0. The van der Waals surface area contributed by atoms with Crippen LogP contribution < -0.4 is 0 Å². The average Bonchev–Trinajstić information content (AvgIpc) is 2.11. The summed E-state index contributed by atoms with van der Waals surface area (Å²) in [5.41, 5.74) is -0.320. The van der Waals surface area contributed by atoms with Gasteiger partial charge in [-0.15, -0.1) is 0 Å². The predicted molar refractivity (Wildman–Crippen MR) is 59.4 cm³/mol. The molecule has 0 saturated heterocycles. The number of carbonyl (C=O) groups excluding carboxylic acids is 1. The second-order valence-electron chi connectivity index (χ2n) is 3.95. The van der Waals surface area contributed by atoms with Crippen LogP contribution in [0.5, 0.6) is 0 Å². The number of hydrogen-bond donors (Lipinski definition) is 0. The normalized spacial score (nSPS) is 11.8. The number of carbonyl (C=O) groups is 1. The molecular formula is C10H19BO4. The third kappa shape index (κ3) is 8.21. The third-order valence-electron chi connectivity index (χ3n) is 1.38. The van der Waals surface area contributed by atoms with Crippen molar-refractivity contribution in [2.45, 2.75) is 33.3 Å². The molecule has 0 bridgehead atoms. The quantitative estimate of drug-likeness (QED) is 0.396. The smallest absolute Gasteiger partial charge is 0.463 e. The Morgan fingerprint density at radius 3 is 2.40 bits per heavy atom. The van der Waals surface area contributed by atoms with Crippen molar-refractivity contribution in [1.82, 2.24) is 0 Å². The van der Waals surface area contributed by atoms with Gasteiger partial charge < -0.3 is 14.0 Å². The SMILES string of the molecule is CCOC(=O)/C=C/B(OC)OC(C)(C)C. The summed E-state index contributed by atoms with van der Waals surface area (Å²) in [6.45, 7) is 7.86. The summed E-state index contributed by atoms with van der Waals surface area (Å²) in [6.07, 6.45) is 1.31. The van der Waals surface area contributed by atoms with Crippen molar-refractivity contribution in [2.24, 2.45) is 0 Å². The summed E-state index contributed by atoms with van der Waals surface area (Å²) >= 11 is 0. The van der Waals surface area contributed by atoms with Gasteiger partial charge in [-0.3, -0.25) is 0 Å². The fourth-order valence-electron chi connectivity index (χ4n) is 0.862. The third-order valence-corrected chi connectivity index (χ3v) is 1.38. The largest absolute Gasteiger partial charge is 0.486 e. The molecule has 5 heteroatoms. The minimum atomic E-state index is -0.533. The van der Waals surface area contributed by atoms with Gasteiger partial charge in [0.2, 0.25) is 0 Å². The van der Waals surface area contributed by atoms with Crippen molar-refractivity contribution in [3.05, 3.63) is 12.1 Å². The molecule has 0 fully saturated rings. The van der Waals surface area contributed by atoms with E-state index < -0.39 is 13.1 Å². The Morgan fingerprint density at radius 1 is 1.40 bits per heavy atom. The monoisotopic (exact) mass is 214 g/mol. The molecule has 0 aromatic carbocycles. The second kappa shape index (κ2) is 6.64. The van der Waals surface area contributed by atoms with Crippen LogP contribution in [-0.2, 0) is 18.8 Å². The number of esters is 1. The zero-order chi connectivity index (χ0) is 11.9. The molecule has 15 heavy (non-hydrogen) atoms. The first-order chi connectivity index (χ1) is 6.89. The Labute approximate surface area is 91.7 Å². The Kier molecular flexibility index (Phi) is 6.28. The van der Waals surface area contributed by atoms with E-state index in [1.54, 1.807) is 6.92 Å². The van der Waals surface area contributed by atoms with Crippen LogP contribution in [0.2, 0.25) is 0 Å². The van der Waals surface area contributed by atoms with E-state index in [-0.39, 0.29) is 5.60 Å². The van der Waals surface area contributed by atoms with Crippen molar-refractivity contribution >= 4 is 13.1 Å². The van der Waals surface area contributed by atoms with Crippen LogP contribution in [0.1, 0.15) is 27.7 Å². The molecule has 0 aromatic heterocycles. The lowest BCUT2D eigenvalue weighted by Crippen LogP contribution is -2.31. The maximum Gasteiger partial charge on any atom is 0.486 e. The molecule has 0 aromatic rings. The van der Waals surface area contributed by atoms with Crippen LogP contribution >= 0.6 is 0 Å². The summed E-state index contributed by atoms with van der Waals surface area (Å²) in [5, 5.41) is 0. The van der Waals surface area contributed by atoms with Gasteiger partial charge in [-0.2, -0.15) is 0 Å². The van der Waals surface area contributed by atoms with Gasteiger partial charge >= 0.3 is 13.1 Å². The zero-order valence-electron chi connectivity index (χ0n) is 10.1. The Bertz CT molecular complexity index is 220. The average molecular weight is 214 g/mol.